The quantitative estimate of drug-likeness (QED) is 0.795. The van der Waals surface area contributed by atoms with Crippen molar-refractivity contribution in [2.24, 2.45) is 5.73 Å². The van der Waals surface area contributed by atoms with Crippen LogP contribution in [0.5, 0.6) is 0 Å². The third kappa shape index (κ3) is 4.18. The van der Waals surface area contributed by atoms with Gasteiger partial charge in [-0.05, 0) is 51.5 Å². The normalized spacial score (nSPS) is 27.6. The fourth-order valence-electron chi connectivity index (χ4n) is 3.10. The predicted molar refractivity (Wildman–Crippen MR) is 77.9 cm³/mol. The number of rotatable bonds is 6. The first kappa shape index (κ1) is 14.8. The molecule has 2 aliphatic carbocycles. The zero-order valence-electron chi connectivity index (χ0n) is 12.5. The van der Waals surface area contributed by atoms with Gasteiger partial charge in [0, 0.05) is 25.2 Å². The first-order valence-corrected chi connectivity index (χ1v) is 7.87. The SMILES string of the molecule is CCCN(CC(=O)N(C)C1CC1)C1CCC(N)CC1. The Bertz CT molecular complexity index is 296. The maximum absolute atomic E-state index is 12.3. The molecule has 0 aliphatic heterocycles. The summed E-state index contributed by atoms with van der Waals surface area (Å²) in [6.07, 6.45) is 8.02. The highest BCUT2D eigenvalue weighted by Crippen LogP contribution is 2.26. The number of amides is 1. The third-order valence-corrected chi connectivity index (χ3v) is 4.59. The van der Waals surface area contributed by atoms with E-state index in [4.69, 9.17) is 5.73 Å². The molecule has 0 spiro atoms. The van der Waals surface area contributed by atoms with Gasteiger partial charge < -0.3 is 10.6 Å². The summed E-state index contributed by atoms with van der Waals surface area (Å²) in [4.78, 5) is 16.6. The van der Waals surface area contributed by atoms with Crippen LogP contribution in [0, 0.1) is 0 Å². The minimum Gasteiger partial charge on any atom is -0.342 e. The molecule has 19 heavy (non-hydrogen) atoms. The minimum absolute atomic E-state index is 0.297. The molecule has 0 saturated heterocycles. The molecule has 0 atom stereocenters. The summed E-state index contributed by atoms with van der Waals surface area (Å²) in [5.74, 6) is 0.297. The van der Waals surface area contributed by atoms with Gasteiger partial charge in [0.1, 0.15) is 0 Å². The van der Waals surface area contributed by atoms with Crippen LogP contribution in [0.15, 0.2) is 0 Å². The monoisotopic (exact) mass is 267 g/mol. The Morgan fingerprint density at radius 3 is 2.21 bits per heavy atom. The number of nitrogens with zero attached hydrogens (tertiary/aromatic N) is 2. The van der Waals surface area contributed by atoms with Crippen LogP contribution in [-0.4, -0.2) is 54.0 Å². The second-order valence-corrected chi connectivity index (χ2v) is 6.27. The Morgan fingerprint density at radius 2 is 1.68 bits per heavy atom. The van der Waals surface area contributed by atoms with Gasteiger partial charge in [0.2, 0.25) is 5.91 Å². The largest absolute Gasteiger partial charge is 0.342 e. The zero-order chi connectivity index (χ0) is 13.8. The molecule has 4 heteroatoms. The Kier molecular flexibility index (Phi) is 5.22. The van der Waals surface area contributed by atoms with Crippen LogP contribution in [0.2, 0.25) is 0 Å². The lowest BCUT2D eigenvalue weighted by atomic mass is 9.90. The number of hydrogen-bond donors (Lipinski definition) is 1. The zero-order valence-corrected chi connectivity index (χ0v) is 12.5. The number of nitrogens with two attached hydrogens (primary N) is 1. The van der Waals surface area contributed by atoms with E-state index in [9.17, 15) is 4.79 Å². The Hall–Kier alpha value is -0.610. The van der Waals surface area contributed by atoms with Gasteiger partial charge in [-0.2, -0.15) is 0 Å². The van der Waals surface area contributed by atoms with Crippen molar-refractivity contribution < 1.29 is 4.79 Å². The van der Waals surface area contributed by atoms with Gasteiger partial charge in [0.25, 0.3) is 0 Å². The van der Waals surface area contributed by atoms with Crippen molar-refractivity contribution in [3.05, 3.63) is 0 Å². The first-order chi connectivity index (χ1) is 9.11. The van der Waals surface area contributed by atoms with Crippen LogP contribution in [0.3, 0.4) is 0 Å². The molecule has 2 saturated carbocycles. The standard InChI is InChI=1S/C15H29N3O/c1-3-10-18(14-6-4-12(16)5-7-14)11-15(19)17(2)13-8-9-13/h12-14H,3-11,16H2,1-2H3. The predicted octanol–water partition coefficient (Wildman–Crippen LogP) is 1.59. The van der Waals surface area contributed by atoms with E-state index >= 15 is 0 Å². The molecular formula is C15H29N3O. The smallest absolute Gasteiger partial charge is 0.236 e. The van der Waals surface area contributed by atoms with Crippen molar-refractivity contribution in [3.8, 4) is 0 Å². The highest BCUT2D eigenvalue weighted by atomic mass is 16.2. The molecule has 2 rings (SSSR count). The second-order valence-electron chi connectivity index (χ2n) is 6.27. The Balaban J connectivity index is 1.85. The van der Waals surface area contributed by atoms with Crippen LogP contribution in [-0.2, 0) is 4.79 Å². The summed E-state index contributed by atoms with van der Waals surface area (Å²) in [7, 11) is 1.96. The van der Waals surface area contributed by atoms with Crippen molar-refractivity contribution in [3.63, 3.8) is 0 Å². The van der Waals surface area contributed by atoms with Gasteiger partial charge >= 0.3 is 0 Å². The maximum atomic E-state index is 12.3. The third-order valence-electron chi connectivity index (χ3n) is 4.59. The lowest BCUT2D eigenvalue weighted by Gasteiger charge is -2.36. The molecule has 1 amide bonds. The van der Waals surface area contributed by atoms with Gasteiger partial charge in [0.05, 0.1) is 6.54 Å². The highest BCUT2D eigenvalue weighted by molar-refractivity contribution is 5.78. The molecule has 0 bridgehead atoms. The maximum Gasteiger partial charge on any atom is 0.236 e. The molecule has 0 unspecified atom stereocenters. The molecule has 0 radical (unpaired) electrons. The fraction of sp³-hybridized carbons (Fsp3) is 0.933. The van der Waals surface area contributed by atoms with Crippen molar-refractivity contribution in [2.45, 2.75) is 70.0 Å². The molecule has 2 fully saturated rings. The summed E-state index contributed by atoms with van der Waals surface area (Å²) < 4.78 is 0. The van der Waals surface area contributed by atoms with Crippen molar-refractivity contribution in [2.75, 3.05) is 20.1 Å². The summed E-state index contributed by atoms with van der Waals surface area (Å²) in [5.41, 5.74) is 5.97. The summed E-state index contributed by atoms with van der Waals surface area (Å²) in [6.45, 7) is 3.82. The van der Waals surface area contributed by atoms with E-state index in [2.05, 4.69) is 11.8 Å². The van der Waals surface area contributed by atoms with Crippen LogP contribution >= 0.6 is 0 Å². The number of hydrogen-bond acceptors (Lipinski definition) is 3. The van der Waals surface area contributed by atoms with Crippen molar-refractivity contribution >= 4 is 5.91 Å². The first-order valence-electron chi connectivity index (χ1n) is 7.87. The molecule has 2 N–H and O–H groups in total. The summed E-state index contributed by atoms with van der Waals surface area (Å²) in [5, 5.41) is 0. The Labute approximate surface area is 117 Å². The van der Waals surface area contributed by atoms with Gasteiger partial charge in [-0.1, -0.05) is 6.92 Å². The van der Waals surface area contributed by atoms with Gasteiger partial charge in [-0.15, -0.1) is 0 Å². The lowest BCUT2D eigenvalue weighted by Crippen LogP contribution is -2.46. The number of carbonyl (C=O) groups is 1. The number of carbonyl (C=O) groups excluding carboxylic acids is 1. The van der Waals surface area contributed by atoms with Gasteiger partial charge in [-0.3, -0.25) is 9.69 Å². The van der Waals surface area contributed by atoms with Gasteiger partial charge in [0.15, 0.2) is 0 Å². The fourth-order valence-corrected chi connectivity index (χ4v) is 3.10. The minimum atomic E-state index is 0.297. The molecular weight excluding hydrogens is 238 g/mol. The molecule has 0 aromatic heterocycles. The van der Waals surface area contributed by atoms with E-state index in [0.29, 0.717) is 30.6 Å². The topological polar surface area (TPSA) is 49.6 Å². The van der Waals surface area contributed by atoms with Crippen molar-refractivity contribution in [1.82, 2.24) is 9.80 Å². The van der Waals surface area contributed by atoms with Crippen LogP contribution in [0.4, 0.5) is 0 Å². The average Bonchev–Trinajstić information content (AvgIpc) is 3.22. The summed E-state index contributed by atoms with van der Waals surface area (Å²) >= 11 is 0. The molecule has 0 aromatic carbocycles. The highest BCUT2D eigenvalue weighted by Gasteiger charge is 2.31. The van der Waals surface area contributed by atoms with E-state index in [-0.39, 0.29) is 0 Å². The van der Waals surface area contributed by atoms with Crippen molar-refractivity contribution in [1.29, 1.82) is 0 Å². The molecule has 4 nitrogen and oxygen atoms in total. The molecule has 2 aliphatic rings. The van der Waals surface area contributed by atoms with Crippen LogP contribution in [0.1, 0.15) is 51.9 Å². The van der Waals surface area contributed by atoms with Gasteiger partial charge in [-0.25, -0.2) is 0 Å². The lowest BCUT2D eigenvalue weighted by molar-refractivity contribution is -0.132. The number of likely N-dealkylation sites (N-methyl/N-ethyl adjacent to an activating group) is 1. The van der Waals surface area contributed by atoms with E-state index in [1.54, 1.807) is 0 Å². The average molecular weight is 267 g/mol. The Morgan fingerprint density at radius 1 is 1.11 bits per heavy atom. The van der Waals surface area contributed by atoms with Crippen LogP contribution in [0.25, 0.3) is 0 Å². The van der Waals surface area contributed by atoms with E-state index in [0.717, 1.165) is 38.6 Å². The molecule has 110 valence electrons. The van der Waals surface area contributed by atoms with E-state index < -0.39 is 0 Å². The second kappa shape index (κ2) is 6.71. The van der Waals surface area contributed by atoms with E-state index in [1.165, 1.54) is 12.8 Å². The summed E-state index contributed by atoms with van der Waals surface area (Å²) in [6, 6.07) is 1.47. The molecule has 0 aromatic rings. The molecule has 0 heterocycles. The van der Waals surface area contributed by atoms with Crippen LogP contribution < -0.4 is 5.73 Å². The van der Waals surface area contributed by atoms with E-state index in [1.807, 2.05) is 11.9 Å².